The van der Waals surface area contributed by atoms with E-state index in [1.807, 2.05) is 55.3 Å². The van der Waals surface area contributed by atoms with Crippen molar-refractivity contribution in [1.29, 1.82) is 0 Å². The quantitative estimate of drug-likeness (QED) is 0.664. The molecule has 6 heteroatoms. The Kier molecular flexibility index (Phi) is 6.26. The zero-order valence-electron chi connectivity index (χ0n) is 18.4. The minimum atomic E-state index is 0.0429. The maximum atomic E-state index is 13.8. The highest BCUT2D eigenvalue weighted by atomic mass is 16.2. The van der Waals surface area contributed by atoms with Crippen LogP contribution in [0, 0.1) is 19.8 Å². The van der Waals surface area contributed by atoms with E-state index in [-0.39, 0.29) is 11.9 Å². The first kappa shape index (κ1) is 21.0. The van der Waals surface area contributed by atoms with Gasteiger partial charge in [-0.25, -0.2) is 15.0 Å². The van der Waals surface area contributed by atoms with Crippen molar-refractivity contribution in [1.82, 2.24) is 19.9 Å². The van der Waals surface area contributed by atoms with Crippen LogP contribution >= 0.6 is 0 Å². The normalized spacial score (nSPS) is 18.6. The molecule has 1 aliphatic rings. The van der Waals surface area contributed by atoms with Crippen LogP contribution in [0.25, 0.3) is 11.4 Å². The number of hydrogen-bond donors (Lipinski definition) is 1. The number of amides is 1. The van der Waals surface area contributed by atoms with Crippen LogP contribution in [0.15, 0.2) is 55.0 Å². The maximum absolute atomic E-state index is 13.8. The van der Waals surface area contributed by atoms with Crippen molar-refractivity contribution < 1.29 is 4.79 Å². The van der Waals surface area contributed by atoms with E-state index in [1.165, 1.54) is 0 Å². The summed E-state index contributed by atoms with van der Waals surface area (Å²) >= 11 is 0. The Morgan fingerprint density at radius 3 is 2.61 bits per heavy atom. The molecule has 2 unspecified atom stereocenters. The van der Waals surface area contributed by atoms with E-state index < -0.39 is 0 Å². The Morgan fingerprint density at radius 1 is 1.10 bits per heavy atom. The van der Waals surface area contributed by atoms with Crippen molar-refractivity contribution in [3.05, 3.63) is 71.7 Å². The summed E-state index contributed by atoms with van der Waals surface area (Å²) in [6, 6.07) is 11.8. The van der Waals surface area contributed by atoms with E-state index in [9.17, 15) is 4.79 Å². The number of carbonyl (C=O) groups excluding carboxylic acids is 1. The number of aromatic nitrogens is 3. The number of hydrogen-bond acceptors (Lipinski definition) is 5. The first-order valence-electron chi connectivity index (χ1n) is 10.9. The molecule has 0 radical (unpaired) electrons. The van der Waals surface area contributed by atoms with E-state index in [0.717, 1.165) is 41.9 Å². The molecule has 1 fully saturated rings. The van der Waals surface area contributed by atoms with Crippen molar-refractivity contribution in [2.45, 2.75) is 39.7 Å². The standard InChI is InChI=1S/C25H29N5O/c1-17-7-9-20(24-26-11-5-12-27-24)21(14-17)25(31)30-13-4-6-19(3)22(30)16-29-23-10-8-18(2)15-28-23/h5,7-12,14-15,19,22H,4,6,13,16H2,1-3H3,(H,28,29). The van der Waals surface area contributed by atoms with Crippen LogP contribution in [-0.2, 0) is 0 Å². The maximum Gasteiger partial charge on any atom is 0.254 e. The number of carbonyl (C=O) groups is 1. The second kappa shape index (κ2) is 9.25. The molecule has 3 heterocycles. The molecule has 2 atom stereocenters. The highest BCUT2D eigenvalue weighted by molar-refractivity contribution is 6.00. The number of pyridine rings is 1. The number of piperidine rings is 1. The zero-order valence-corrected chi connectivity index (χ0v) is 18.4. The van der Waals surface area contributed by atoms with Crippen LogP contribution < -0.4 is 5.32 Å². The van der Waals surface area contributed by atoms with Gasteiger partial charge in [0.25, 0.3) is 5.91 Å². The van der Waals surface area contributed by atoms with Gasteiger partial charge in [-0.2, -0.15) is 0 Å². The van der Waals surface area contributed by atoms with Gasteiger partial charge in [0.2, 0.25) is 0 Å². The number of rotatable bonds is 5. The number of aryl methyl sites for hydroxylation is 2. The van der Waals surface area contributed by atoms with Crippen LogP contribution in [0.1, 0.15) is 41.3 Å². The van der Waals surface area contributed by atoms with Crippen molar-refractivity contribution in [3.63, 3.8) is 0 Å². The minimum Gasteiger partial charge on any atom is -0.368 e. The molecular formula is C25H29N5O. The predicted molar refractivity (Wildman–Crippen MR) is 123 cm³/mol. The number of nitrogens with zero attached hydrogens (tertiary/aromatic N) is 4. The molecular weight excluding hydrogens is 386 g/mol. The fourth-order valence-electron chi connectivity index (χ4n) is 4.22. The summed E-state index contributed by atoms with van der Waals surface area (Å²) in [6.45, 7) is 7.68. The van der Waals surface area contributed by atoms with Crippen molar-refractivity contribution >= 4 is 11.7 Å². The molecule has 4 rings (SSSR count). The Labute approximate surface area is 183 Å². The van der Waals surface area contributed by atoms with Gasteiger partial charge < -0.3 is 10.2 Å². The molecule has 160 valence electrons. The van der Waals surface area contributed by atoms with E-state index in [4.69, 9.17) is 0 Å². The Hall–Kier alpha value is -3.28. The molecule has 0 spiro atoms. The summed E-state index contributed by atoms with van der Waals surface area (Å²) < 4.78 is 0. The summed E-state index contributed by atoms with van der Waals surface area (Å²) in [4.78, 5) is 29.0. The van der Waals surface area contributed by atoms with Gasteiger partial charge in [-0.05, 0) is 56.4 Å². The zero-order chi connectivity index (χ0) is 21.8. The Morgan fingerprint density at radius 2 is 1.87 bits per heavy atom. The average molecular weight is 416 g/mol. The van der Waals surface area contributed by atoms with Gasteiger partial charge in [0.1, 0.15) is 5.82 Å². The first-order chi connectivity index (χ1) is 15.0. The topological polar surface area (TPSA) is 71.0 Å². The van der Waals surface area contributed by atoms with Gasteiger partial charge in [-0.15, -0.1) is 0 Å². The van der Waals surface area contributed by atoms with E-state index in [0.29, 0.717) is 23.9 Å². The van der Waals surface area contributed by atoms with Gasteiger partial charge in [0.05, 0.1) is 11.6 Å². The summed E-state index contributed by atoms with van der Waals surface area (Å²) in [7, 11) is 0. The lowest BCUT2D eigenvalue weighted by atomic mass is 9.89. The number of anilines is 1. The third-order valence-electron chi connectivity index (χ3n) is 5.99. The largest absolute Gasteiger partial charge is 0.368 e. The molecule has 0 bridgehead atoms. The monoisotopic (exact) mass is 415 g/mol. The first-order valence-corrected chi connectivity index (χ1v) is 10.9. The van der Waals surface area contributed by atoms with Crippen LogP contribution in [0.3, 0.4) is 0 Å². The Bertz CT molecular complexity index is 1040. The third kappa shape index (κ3) is 4.74. The molecule has 0 saturated carbocycles. The smallest absolute Gasteiger partial charge is 0.254 e. The lowest BCUT2D eigenvalue weighted by Crippen LogP contribution is -2.51. The summed E-state index contributed by atoms with van der Waals surface area (Å²) in [5.74, 6) is 1.86. The van der Waals surface area contributed by atoms with Gasteiger partial charge >= 0.3 is 0 Å². The number of benzene rings is 1. The molecule has 6 nitrogen and oxygen atoms in total. The number of nitrogens with one attached hydrogen (secondary N) is 1. The van der Waals surface area contributed by atoms with Gasteiger partial charge in [0, 0.05) is 37.2 Å². The van der Waals surface area contributed by atoms with E-state index in [2.05, 4.69) is 27.2 Å². The lowest BCUT2D eigenvalue weighted by Gasteiger charge is -2.40. The minimum absolute atomic E-state index is 0.0429. The predicted octanol–water partition coefficient (Wildman–Crippen LogP) is 4.51. The third-order valence-corrected chi connectivity index (χ3v) is 5.99. The van der Waals surface area contributed by atoms with Gasteiger partial charge in [0.15, 0.2) is 5.82 Å². The van der Waals surface area contributed by atoms with E-state index >= 15 is 0 Å². The highest BCUT2D eigenvalue weighted by Gasteiger charge is 2.33. The molecule has 1 aromatic carbocycles. The van der Waals surface area contributed by atoms with Crippen LogP contribution in [0.4, 0.5) is 5.82 Å². The van der Waals surface area contributed by atoms with Crippen molar-refractivity contribution in [3.8, 4) is 11.4 Å². The second-order valence-electron chi connectivity index (χ2n) is 8.41. The van der Waals surface area contributed by atoms with Crippen molar-refractivity contribution in [2.75, 3.05) is 18.4 Å². The fraction of sp³-hybridized carbons (Fsp3) is 0.360. The molecule has 1 aliphatic heterocycles. The van der Waals surface area contributed by atoms with Crippen LogP contribution in [0.2, 0.25) is 0 Å². The molecule has 1 amide bonds. The van der Waals surface area contributed by atoms with Gasteiger partial charge in [-0.1, -0.05) is 30.7 Å². The second-order valence-corrected chi connectivity index (χ2v) is 8.41. The molecule has 3 aromatic rings. The molecule has 0 aliphatic carbocycles. The average Bonchev–Trinajstić information content (AvgIpc) is 2.79. The van der Waals surface area contributed by atoms with Crippen molar-refractivity contribution in [2.24, 2.45) is 5.92 Å². The van der Waals surface area contributed by atoms with Gasteiger partial charge in [-0.3, -0.25) is 4.79 Å². The Balaban J connectivity index is 1.61. The fourth-order valence-corrected chi connectivity index (χ4v) is 4.22. The van der Waals surface area contributed by atoms with Crippen LogP contribution in [0.5, 0.6) is 0 Å². The lowest BCUT2D eigenvalue weighted by molar-refractivity contribution is 0.0540. The molecule has 2 aromatic heterocycles. The molecule has 31 heavy (non-hydrogen) atoms. The summed E-state index contributed by atoms with van der Waals surface area (Å²) in [6.07, 6.45) is 7.39. The summed E-state index contributed by atoms with van der Waals surface area (Å²) in [5, 5.41) is 3.44. The number of likely N-dealkylation sites (tertiary alicyclic amines) is 1. The molecule has 1 N–H and O–H groups in total. The SMILES string of the molecule is Cc1ccc(NCC2C(C)CCCN2C(=O)c2cc(C)ccc2-c2ncccn2)nc1. The van der Waals surface area contributed by atoms with E-state index in [1.54, 1.807) is 18.5 Å². The molecule has 1 saturated heterocycles. The highest BCUT2D eigenvalue weighted by Crippen LogP contribution is 2.29. The summed E-state index contributed by atoms with van der Waals surface area (Å²) in [5.41, 5.74) is 3.62. The van der Waals surface area contributed by atoms with Crippen LogP contribution in [-0.4, -0.2) is 44.9 Å².